The molecule has 106 valence electrons. The van der Waals surface area contributed by atoms with Crippen LogP contribution in [0.2, 0.25) is 5.02 Å². The van der Waals surface area contributed by atoms with Gasteiger partial charge in [-0.25, -0.2) is 0 Å². The van der Waals surface area contributed by atoms with E-state index in [-0.39, 0.29) is 5.84 Å². The number of nitrogens with zero attached hydrogens (tertiary/aromatic N) is 1. The smallest absolute Gasteiger partial charge is 0.170 e. The molecule has 0 fully saturated rings. The Labute approximate surface area is 119 Å². The van der Waals surface area contributed by atoms with Gasteiger partial charge in [0.15, 0.2) is 5.84 Å². The average molecular weight is 284 g/mol. The van der Waals surface area contributed by atoms with E-state index in [1.807, 2.05) is 6.07 Å². The second kappa shape index (κ2) is 7.36. The van der Waals surface area contributed by atoms with E-state index in [4.69, 9.17) is 22.5 Å². The van der Waals surface area contributed by atoms with Crippen LogP contribution in [0.3, 0.4) is 0 Å². The summed E-state index contributed by atoms with van der Waals surface area (Å²) in [6.45, 7) is 8.32. The van der Waals surface area contributed by atoms with E-state index < -0.39 is 0 Å². The van der Waals surface area contributed by atoms with Gasteiger partial charge >= 0.3 is 0 Å². The predicted octanol–water partition coefficient (Wildman–Crippen LogP) is 2.82. The lowest BCUT2D eigenvalue weighted by atomic mass is 9.98. The molecule has 4 N–H and O–H groups in total. The first-order chi connectivity index (χ1) is 8.95. The molecule has 1 atom stereocenters. The first kappa shape index (κ1) is 15.8. The molecule has 0 heterocycles. The van der Waals surface area contributed by atoms with Crippen molar-refractivity contribution < 1.29 is 5.21 Å². The molecule has 1 unspecified atom stereocenters. The van der Waals surface area contributed by atoms with Crippen LogP contribution in [0.5, 0.6) is 0 Å². The maximum absolute atomic E-state index is 8.61. The molecule has 0 saturated heterocycles. The van der Waals surface area contributed by atoms with Gasteiger partial charge in [-0.1, -0.05) is 49.7 Å². The van der Waals surface area contributed by atoms with Gasteiger partial charge in [-0.05, 0) is 30.0 Å². The van der Waals surface area contributed by atoms with E-state index in [1.54, 1.807) is 12.1 Å². The molecule has 1 aromatic rings. The van der Waals surface area contributed by atoms with Gasteiger partial charge in [-0.3, -0.25) is 0 Å². The molecule has 0 saturated carbocycles. The third-order valence-corrected chi connectivity index (χ3v) is 3.73. The molecule has 0 amide bonds. The number of nitrogens with one attached hydrogen (secondary N) is 1. The fraction of sp³-hybridized carbons (Fsp3) is 0.500. The molecular weight excluding hydrogens is 262 g/mol. The average Bonchev–Trinajstić information content (AvgIpc) is 2.39. The molecule has 19 heavy (non-hydrogen) atoms. The molecule has 0 spiro atoms. The van der Waals surface area contributed by atoms with E-state index in [0.717, 1.165) is 12.1 Å². The van der Waals surface area contributed by atoms with Gasteiger partial charge in [0.05, 0.1) is 0 Å². The molecule has 1 rings (SSSR count). The number of amidine groups is 1. The minimum Gasteiger partial charge on any atom is -0.409 e. The molecule has 0 aromatic heterocycles. The lowest BCUT2D eigenvalue weighted by Crippen LogP contribution is -2.24. The van der Waals surface area contributed by atoms with Crippen LogP contribution in [0, 0.1) is 11.8 Å². The number of nitrogens with two attached hydrogens (primary N) is 1. The number of rotatable bonds is 6. The highest BCUT2D eigenvalue weighted by Crippen LogP contribution is 2.18. The Hall–Kier alpha value is -1.26. The zero-order valence-electron chi connectivity index (χ0n) is 11.7. The molecule has 0 aliphatic heterocycles. The van der Waals surface area contributed by atoms with Crippen molar-refractivity contribution in [3.8, 4) is 0 Å². The monoisotopic (exact) mass is 283 g/mol. The third-order valence-electron chi connectivity index (χ3n) is 3.38. The van der Waals surface area contributed by atoms with Crippen molar-refractivity contribution in [2.75, 3.05) is 6.54 Å². The standard InChI is InChI=1S/C14H22ClN3O/c1-9(2)10(3)7-17-8-12-5-4-11(6-13(12)15)14(16)18-19/h4-6,9-10,17,19H,7-8H2,1-3H3,(H2,16,18). The van der Waals surface area contributed by atoms with Crippen LogP contribution < -0.4 is 11.1 Å². The Morgan fingerprint density at radius 3 is 2.63 bits per heavy atom. The van der Waals surface area contributed by atoms with E-state index in [0.29, 0.717) is 29.0 Å². The van der Waals surface area contributed by atoms with Crippen LogP contribution in [0.15, 0.2) is 23.4 Å². The molecular formula is C14H22ClN3O. The minimum absolute atomic E-state index is 0.0647. The van der Waals surface area contributed by atoms with Crippen molar-refractivity contribution in [3.63, 3.8) is 0 Å². The molecule has 0 bridgehead atoms. The first-order valence-corrected chi connectivity index (χ1v) is 6.80. The van der Waals surface area contributed by atoms with Crippen LogP contribution in [0.1, 0.15) is 31.9 Å². The normalized spacial score (nSPS) is 13.8. The van der Waals surface area contributed by atoms with Crippen LogP contribution in [0.25, 0.3) is 0 Å². The lowest BCUT2D eigenvalue weighted by molar-refractivity contribution is 0.318. The largest absolute Gasteiger partial charge is 0.409 e. The van der Waals surface area contributed by atoms with E-state index in [1.165, 1.54) is 0 Å². The van der Waals surface area contributed by atoms with Crippen molar-refractivity contribution in [1.82, 2.24) is 5.32 Å². The zero-order valence-corrected chi connectivity index (χ0v) is 12.4. The Kier molecular flexibility index (Phi) is 6.12. The molecule has 4 nitrogen and oxygen atoms in total. The summed E-state index contributed by atoms with van der Waals surface area (Å²) in [6.07, 6.45) is 0. The summed E-state index contributed by atoms with van der Waals surface area (Å²) in [5.74, 6) is 1.34. The highest BCUT2D eigenvalue weighted by molar-refractivity contribution is 6.31. The van der Waals surface area contributed by atoms with Crippen LogP contribution in [-0.4, -0.2) is 17.6 Å². The van der Waals surface area contributed by atoms with Gasteiger partial charge in [0.1, 0.15) is 0 Å². The minimum atomic E-state index is 0.0647. The van der Waals surface area contributed by atoms with Crippen LogP contribution in [-0.2, 0) is 6.54 Å². The van der Waals surface area contributed by atoms with Gasteiger partial charge < -0.3 is 16.3 Å². The highest BCUT2D eigenvalue weighted by atomic mass is 35.5. The Balaban J connectivity index is 2.61. The van der Waals surface area contributed by atoms with E-state index in [2.05, 4.69) is 31.2 Å². The summed E-state index contributed by atoms with van der Waals surface area (Å²) < 4.78 is 0. The maximum atomic E-state index is 8.61. The number of halogens is 1. The summed E-state index contributed by atoms with van der Waals surface area (Å²) in [5.41, 5.74) is 7.14. The molecule has 0 aliphatic carbocycles. The lowest BCUT2D eigenvalue weighted by Gasteiger charge is -2.16. The van der Waals surface area contributed by atoms with Gasteiger partial charge in [-0.15, -0.1) is 0 Å². The second-order valence-electron chi connectivity index (χ2n) is 5.14. The van der Waals surface area contributed by atoms with Crippen molar-refractivity contribution >= 4 is 17.4 Å². The fourth-order valence-corrected chi connectivity index (χ4v) is 1.83. The third kappa shape index (κ3) is 4.73. The van der Waals surface area contributed by atoms with Crippen LogP contribution >= 0.6 is 11.6 Å². The SMILES string of the molecule is CC(C)C(C)CNCc1ccc(/C(N)=N/O)cc1Cl. The summed E-state index contributed by atoms with van der Waals surface area (Å²) in [7, 11) is 0. The van der Waals surface area contributed by atoms with Gasteiger partial charge in [-0.2, -0.15) is 0 Å². The van der Waals surface area contributed by atoms with Gasteiger partial charge in [0.25, 0.3) is 0 Å². The Morgan fingerprint density at radius 1 is 1.42 bits per heavy atom. The second-order valence-corrected chi connectivity index (χ2v) is 5.55. The fourth-order valence-electron chi connectivity index (χ4n) is 1.58. The number of benzene rings is 1. The van der Waals surface area contributed by atoms with Gasteiger partial charge in [0.2, 0.25) is 0 Å². The summed E-state index contributed by atoms with van der Waals surface area (Å²) in [4.78, 5) is 0. The Morgan fingerprint density at radius 2 is 2.11 bits per heavy atom. The van der Waals surface area contributed by atoms with Crippen molar-refractivity contribution in [2.45, 2.75) is 27.3 Å². The van der Waals surface area contributed by atoms with Crippen LogP contribution in [0.4, 0.5) is 0 Å². The van der Waals surface area contributed by atoms with Crippen molar-refractivity contribution in [2.24, 2.45) is 22.7 Å². The molecule has 1 aromatic carbocycles. The highest BCUT2D eigenvalue weighted by Gasteiger charge is 2.08. The number of oxime groups is 1. The van der Waals surface area contributed by atoms with E-state index in [9.17, 15) is 0 Å². The van der Waals surface area contributed by atoms with Gasteiger partial charge in [0, 0.05) is 17.1 Å². The maximum Gasteiger partial charge on any atom is 0.170 e. The molecule has 5 heteroatoms. The topological polar surface area (TPSA) is 70.6 Å². The quantitative estimate of drug-likeness (QED) is 0.325. The summed E-state index contributed by atoms with van der Waals surface area (Å²) >= 11 is 6.18. The van der Waals surface area contributed by atoms with Crippen molar-refractivity contribution in [1.29, 1.82) is 0 Å². The summed E-state index contributed by atoms with van der Waals surface area (Å²) in [5, 5.41) is 15.6. The van der Waals surface area contributed by atoms with E-state index >= 15 is 0 Å². The number of hydrogen-bond acceptors (Lipinski definition) is 3. The Bertz CT molecular complexity index is 446. The predicted molar refractivity (Wildman–Crippen MR) is 79.7 cm³/mol. The van der Waals surface area contributed by atoms with Crippen molar-refractivity contribution in [3.05, 3.63) is 34.3 Å². The number of hydrogen-bond donors (Lipinski definition) is 3. The first-order valence-electron chi connectivity index (χ1n) is 6.42. The zero-order chi connectivity index (χ0) is 14.4. The molecule has 0 aliphatic rings. The summed E-state index contributed by atoms with van der Waals surface area (Å²) in [6, 6.07) is 5.39. The molecule has 0 radical (unpaired) electrons.